The summed E-state index contributed by atoms with van der Waals surface area (Å²) >= 11 is 0. The van der Waals surface area contributed by atoms with Crippen LogP contribution in [0.25, 0.3) is 0 Å². The zero-order chi connectivity index (χ0) is 14.8. The molecule has 1 aromatic rings. The quantitative estimate of drug-likeness (QED) is 0.800. The maximum absolute atomic E-state index is 12.2. The van der Waals surface area contributed by atoms with E-state index in [1.807, 2.05) is 6.92 Å². The monoisotopic (exact) mass is 303 g/mol. The Morgan fingerprint density at radius 3 is 2.70 bits per heavy atom. The first kappa shape index (κ1) is 15.4. The summed E-state index contributed by atoms with van der Waals surface area (Å²) in [4.78, 5) is 4.05. The number of ether oxygens (including phenoxy) is 1. The van der Waals surface area contributed by atoms with E-state index in [4.69, 9.17) is 4.74 Å². The summed E-state index contributed by atoms with van der Waals surface area (Å²) < 4.78 is 33.7. The minimum Gasteiger partial charge on any atom is -0.388 e. The number of aliphatic hydroxyl groups is 1. The summed E-state index contributed by atoms with van der Waals surface area (Å²) in [6.07, 6.45) is 2.36. The molecule has 2 rings (SSSR count). The first-order chi connectivity index (χ1) is 9.36. The van der Waals surface area contributed by atoms with Crippen LogP contribution in [-0.2, 0) is 21.3 Å². The van der Waals surface area contributed by atoms with Crippen LogP contribution < -0.4 is 4.72 Å². The number of hydrogen-bond acceptors (Lipinski definition) is 5. The summed E-state index contributed by atoms with van der Waals surface area (Å²) in [7, 11) is -3.69. The van der Waals surface area contributed by atoms with Gasteiger partial charge in [0.1, 0.15) is 5.82 Å². The second kappa shape index (κ2) is 5.80. The Kier molecular flexibility index (Phi) is 4.48. The van der Waals surface area contributed by atoms with Crippen LogP contribution in [0.3, 0.4) is 0 Å². The summed E-state index contributed by atoms with van der Waals surface area (Å²) in [6.45, 7) is 5.22. The molecular formula is C12H21N3O4S. The molecule has 0 aromatic carbocycles. The highest BCUT2D eigenvalue weighted by atomic mass is 32.2. The van der Waals surface area contributed by atoms with E-state index in [0.29, 0.717) is 38.4 Å². The number of nitrogens with zero attached hydrogens (tertiary/aromatic N) is 2. The van der Waals surface area contributed by atoms with Crippen LogP contribution in [0, 0.1) is 6.92 Å². The molecule has 0 radical (unpaired) electrons. The molecule has 0 spiro atoms. The van der Waals surface area contributed by atoms with Gasteiger partial charge >= 0.3 is 0 Å². The molecule has 0 unspecified atom stereocenters. The highest BCUT2D eigenvalue weighted by Gasteiger charge is 2.32. The molecule has 0 amide bonds. The fourth-order valence-corrected chi connectivity index (χ4v) is 3.29. The number of aromatic nitrogens is 2. The van der Waals surface area contributed by atoms with Gasteiger partial charge in [-0.25, -0.2) is 18.1 Å². The van der Waals surface area contributed by atoms with Crippen molar-refractivity contribution < 1.29 is 18.3 Å². The van der Waals surface area contributed by atoms with E-state index in [9.17, 15) is 13.5 Å². The topological polar surface area (TPSA) is 93.5 Å². The summed E-state index contributed by atoms with van der Waals surface area (Å²) in [5.41, 5.74) is -1.03. The second-order valence-electron chi connectivity index (χ2n) is 5.07. The Morgan fingerprint density at radius 1 is 1.50 bits per heavy atom. The van der Waals surface area contributed by atoms with Crippen LogP contribution in [0.15, 0.2) is 11.2 Å². The SMILES string of the molecule is CCn1cc(S(=O)(=O)NCC2(O)CCOCC2)nc1C. The average molecular weight is 303 g/mol. The first-order valence-electron chi connectivity index (χ1n) is 6.70. The molecule has 2 heterocycles. The van der Waals surface area contributed by atoms with Crippen LogP contribution in [-0.4, -0.2) is 48.4 Å². The number of hydrogen-bond donors (Lipinski definition) is 2. The molecule has 0 bridgehead atoms. The highest BCUT2D eigenvalue weighted by molar-refractivity contribution is 7.89. The van der Waals surface area contributed by atoms with Crippen LogP contribution in [0.4, 0.5) is 0 Å². The maximum Gasteiger partial charge on any atom is 0.259 e. The smallest absolute Gasteiger partial charge is 0.259 e. The van der Waals surface area contributed by atoms with E-state index in [2.05, 4.69) is 9.71 Å². The van der Waals surface area contributed by atoms with Gasteiger partial charge in [-0.15, -0.1) is 0 Å². The molecule has 1 saturated heterocycles. The molecule has 0 saturated carbocycles. The molecule has 1 aliphatic rings. The van der Waals surface area contributed by atoms with E-state index < -0.39 is 15.6 Å². The number of rotatable bonds is 5. The molecule has 8 heteroatoms. The average Bonchev–Trinajstić information content (AvgIpc) is 2.80. The maximum atomic E-state index is 12.2. The van der Waals surface area contributed by atoms with Crippen LogP contribution >= 0.6 is 0 Å². The predicted molar refractivity (Wildman–Crippen MR) is 72.8 cm³/mol. The van der Waals surface area contributed by atoms with Crippen molar-refractivity contribution in [3.05, 3.63) is 12.0 Å². The summed E-state index contributed by atoms with van der Waals surface area (Å²) in [5.74, 6) is 0.651. The molecule has 2 N–H and O–H groups in total. The van der Waals surface area contributed by atoms with Crippen molar-refractivity contribution in [2.75, 3.05) is 19.8 Å². The van der Waals surface area contributed by atoms with Crippen molar-refractivity contribution in [3.8, 4) is 0 Å². The van der Waals surface area contributed by atoms with Crippen molar-refractivity contribution in [2.45, 2.75) is 43.9 Å². The van der Waals surface area contributed by atoms with E-state index in [0.717, 1.165) is 0 Å². The van der Waals surface area contributed by atoms with Gasteiger partial charge in [-0.3, -0.25) is 0 Å². The van der Waals surface area contributed by atoms with Gasteiger partial charge in [0.25, 0.3) is 10.0 Å². The number of aryl methyl sites for hydroxylation is 2. The fraction of sp³-hybridized carbons (Fsp3) is 0.750. The van der Waals surface area contributed by atoms with Crippen molar-refractivity contribution in [3.63, 3.8) is 0 Å². The van der Waals surface area contributed by atoms with Gasteiger partial charge in [0.05, 0.1) is 5.60 Å². The lowest BCUT2D eigenvalue weighted by Gasteiger charge is -2.31. The third kappa shape index (κ3) is 3.38. The lowest BCUT2D eigenvalue weighted by Crippen LogP contribution is -2.46. The van der Waals surface area contributed by atoms with E-state index >= 15 is 0 Å². The van der Waals surface area contributed by atoms with E-state index in [-0.39, 0.29) is 11.6 Å². The zero-order valence-electron chi connectivity index (χ0n) is 11.8. The minimum absolute atomic E-state index is 0.00694. The second-order valence-corrected chi connectivity index (χ2v) is 6.79. The van der Waals surface area contributed by atoms with Crippen LogP contribution in [0.5, 0.6) is 0 Å². The lowest BCUT2D eigenvalue weighted by atomic mass is 9.95. The Hall–Kier alpha value is -0.960. The highest BCUT2D eigenvalue weighted by Crippen LogP contribution is 2.20. The molecular weight excluding hydrogens is 282 g/mol. The van der Waals surface area contributed by atoms with Crippen molar-refractivity contribution in [1.29, 1.82) is 0 Å². The molecule has 20 heavy (non-hydrogen) atoms. The zero-order valence-corrected chi connectivity index (χ0v) is 12.6. The largest absolute Gasteiger partial charge is 0.388 e. The van der Waals surface area contributed by atoms with Crippen LogP contribution in [0.1, 0.15) is 25.6 Å². The number of imidazole rings is 1. The molecule has 1 aliphatic heterocycles. The van der Waals surface area contributed by atoms with Crippen molar-refractivity contribution in [2.24, 2.45) is 0 Å². The fourth-order valence-electron chi connectivity index (χ4n) is 2.16. The third-order valence-corrected chi connectivity index (χ3v) is 4.86. The van der Waals surface area contributed by atoms with Gasteiger partial charge in [0, 0.05) is 45.3 Å². The van der Waals surface area contributed by atoms with Gasteiger partial charge in [0.2, 0.25) is 0 Å². The van der Waals surface area contributed by atoms with Gasteiger partial charge in [-0.1, -0.05) is 0 Å². The molecule has 0 aliphatic carbocycles. The number of sulfonamides is 1. The minimum atomic E-state index is -3.69. The molecule has 1 aromatic heterocycles. The Balaban J connectivity index is 2.06. The number of nitrogens with one attached hydrogen (secondary N) is 1. The summed E-state index contributed by atoms with van der Waals surface area (Å²) in [5, 5.41) is 10.2. The lowest BCUT2D eigenvalue weighted by molar-refractivity contribution is -0.0588. The van der Waals surface area contributed by atoms with Crippen molar-refractivity contribution in [1.82, 2.24) is 14.3 Å². The molecule has 0 atom stereocenters. The van der Waals surface area contributed by atoms with Crippen LogP contribution in [0.2, 0.25) is 0 Å². The van der Waals surface area contributed by atoms with Gasteiger partial charge < -0.3 is 14.4 Å². The van der Waals surface area contributed by atoms with Gasteiger partial charge in [0.15, 0.2) is 5.03 Å². The summed E-state index contributed by atoms with van der Waals surface area (Å²) in [6, 6.07) is 0. The van der Waals surface area contributed by atoms with Gasteiger partial charge in [-0.2, -0.15) is 0 Å². The van der Waals surface area contributed by atoms with Crippen molar-refractivity contribution >= 4 is 10.0 Å². The predicted octanol–water partition coefficient (Wildman–Crippen LogP) is 0.0312. The molecule has 114 valence electrons. The molecule has 7 nitrogen and oxygen atoms in total. The normalized spacial score (nSPS) is 19.1. The first-order valence-corrected chi connectivity index (χ1v) is 8.18. The Morgan fingerprint density at radius 2 is 2.15 bits per heavy atom. The van der Waals surface area contributed by atoms with E-state index in [1.165, 1.54) is 6.20 Å². The Labute approximate surface area is 119 Å². The standard InChI is InChI=1S/C12H21N3O4S/c1-3-15-8-11(14-10(15)2)20(17,18)13-9-12(16)4-6-19-7-5-12/h8,13,16H,3-7,9H2,1-2H3. The van der Waals surface area contributed by atoms with E-state index in [1.54, 1.807) is 11.5 Å². The van der Waals surface area contributed by atoms with Gasteiger partial charge in [-0.05, 0) is 13.8 Å². The molecule has 1 fully saturated rings. The third-order valence-electron chi connectivity index (χ3n) is 3.58. The Bertz CT molecular complexity index is 561.